The smallest absolute Gasteiger partial charge is 0.415 e. The molecule has 0 aliphatic carbocycles. The number of aromatic nitrogens is 1. The minimum Gasteiger partial charge on any atom is -0.483 e. The maximum atomic E-state index is 12.5. The van der Waals surface area contributed by atoms with Crippen LogP contribution in [0.5, 0.6) is 5.75 Å². The van der Waals surface area contributed by atoms with Gasteiger partial charge in [0.1, 0.15) is 5.75 Å². The fraction of sp³-hybridized carbons (Fsp3) is 0.450. The van der Waals surface area contributed by atoms with Crippen molar-refractivity contribution in [2.45, 2.75) is 6.42 Å². The summed E-state index contributed by atoms with van der Waals surface area (Å²) < 4.78 is 5.74. The number of amides is 1. The summed E-state index contributed by atoms with van der Waals surface area (Å²) in [7, 11) is 6.19. The molecule has 2 heterocycles. The SMILES string of the molecule is CN(C)CCc1c[nH]c2cccc(OC(=O)N3CCN(C)CC3)c12.O=CO.O=CO. The van der Waals surface area contributed by atoms with Gasteiger partial charge < -0.3 is 34.6 Å². The standard InChI is InChI=1S/C18H26N4O2.2CH2O2/c1-20(2)8-7-14-13-19-15-5-4-6-16(17(14)15)24-18(23)22-11-9-21(3)10-12-22;2*2-1-3/h4-6,13,19H,7-12H2,1-3H3;2*1H,(H,2,3). The summed E-state index contributed by atoms with van der Waals surface area (Å²) in [5.74, 6) is 0.645. The third-order valence-corrected chi connectivity index (χ3v) is 4.54. The Bertz CT molecular complexity index is 794. The highest BCUT2D eigenvalue weighted by Gasteiger charge is 2.22. The molecule has 0 spiro atoms. The van der Waals surface area contributed by atoms with Crippen molar-refractivity contribution in [3.05, 3.63) is 30.0 Å². The summed E-state index contributed by atoms with van der Waals surface area (Å²) in [6.07, 6.45) is 2.67. The third-order valence-electron chi connectivity index (χ3n) is 4.54. The van der Waals surface area contributed by atoms with Crippen molar-refractivity contribution in [3.8, 4) is 5.75 Å². The number of ether oxygens (including phenoxy) is 1. The number of fused-ring (bicyclic) bond motifs is 1. The molecule has 1 amide bonds. The fourth-order valence-electron chi connectivity index (χ4n) is 2.99. The molecule has 0 unspecified atom stereocenters. The average Bonchev–Trinajstić information content (AvgIpc) is 3.12. The molecule has 1 aliphatic rings. The van der Waals surface area contributed by atoms with Gasteiger partial charge >= 0.3 is 6.09 Å². The summed E-state index contributed by atoms with van der Waals surface area (Å²) in [4.78, 5) is 38.6. The summed E-state index contributed by atoms with van der Waals surface area (Å²) in [5.41, 5.74) is 2.19. The molecule has 1 aromatic carbocycles. The Kier molecular flexibility index (Phi) is 10.9. The van der Waals surface area contributed by atoms with Crippen LogP contribution < -0.4 is 4.74 Å². The minimum atomic E-state index is -0.254. The molecule has 1 aliphatic heterocycles. The van der Waals surface area contributed by atoms with E-state index in [0.717, 1.165) is 37.0 Å². The monoisotopic (exact) mass is 422 g/mol. The topological polar surface area (TPSA) is 126 Å². The Morgan fingerprint density at radius 3 is 2.33 bits per heavy atom. The van der Waals surface area contributed by atoms with Crippen molar-refractivity contribution < 1.29 is 29.3 Å². The van der Waals surface area contributed by atoms with Crippen LogP contribution in [0, 0.1) is 0 Å². The first-order chi connectivity index (χ1) is 14.4. The summed E-state index contributed by atoms with van der Waals surface area (Å²) in [5, 5.41) is 14.8. The normalized spacial score (nSPS) is 13.7. The van der Waals surface area contributed by atoms with Crippen LogP contribution >= 0.6 is 0 Å². The molecule has 166 valence electrons. The van der Waals surface area contributed by atoms with Gasteiger partial charge in [0.05, 0.1) is 0 Å². The lowest BCUT2D eigenvalue weighted by atomic mass is 10.1. The highest BCUT2D eigenvalue weighted by molar-refractivity contribution is 5.91. The molecule has 10 heteroatoms. The molecule has 3 rings (SSSR count). The molecule has 3 N–H and O–H groups in total. The molecular weight excluding hydrogens is 392 g/mol. The van der Waals surface area contributed by atoms with Gasteiger partial charge in [-0.2, -0.15) is 0 Å². The minimum absolute atomic E-state index is 0.250. The lowest BCUT2D eigenvalue weighted by Crippen LogP contribution is -2.48. The largest absolute Gasteiger partial charge is 0.483 e. The van der Waals surface area contributed by atoms with E-state index in [4.69, 9.17) is 24.5 Å². The molecule has 0 atom stereocenters. The van der Waals surface area contributed by atoms with E-state index in [1.807, 2.05) is 24.4 Å². The second kappa shape index (κ2) is 13.2. The number of nitrogens with one attached hydrogen (secondary N) is 1. The molecule has 10 nitrogen and oxygen atoms in total. The molecule has 1 saturated heterocycles. The summed E-state index contributed by atoms with van der Waals surface area (Å²) >= 11 is 0. The first-order valence-corrected chi connectivity index (χ1v) is 9.42. The number of carbonyl (C=O) groups is 3. The number of hydrogen-bond donors (Lipinski definition) is 3. The second-order valence-corrected chi connectivity index (χ2v) is 6.92. The van der Waals surface area contributed by atoms with Gasteiger partial charge in [-0.05, 0) is 45.3 Å². The molecule has 1 aromatic heterocycles. The molecule has 2 aromatic rings. The van der Waals surface area contributed by atoms with Crippen molar-refractivity contribution in [2.24, 2.45) is 0 Å². The maximum Gasteiger partial charge on any atom is 0.415 e. The Balaban J connectivity index is 0.000000672. The first-order valence-electron chi connectivity index (χ1n) is 9.42. The predicted molar refractivity (Wildman–Crippen MR) is 113 cm³/mol. The number of likely N-dealkylation sites (N-methyl/N-ethyl adjacent to an activating group) is 2. The lowest BCUT2D eigenvalue weighted by molar-refractivity contribution is -0.123. The molecular formula is C20H30N4O6. The van der Waals surface area contributed by atoms with Crippen molar-refractivity contribution in [3.63, 3.8) is 0 Å². The van der Waals surface area contributed by atoms with E-state index in [2.05, 4.69) is 35.9 Å². The third kappa shape index (κ3) is 7.72. The Labute approximate surface area is 175 Å². The van der Waals surface area contributed by atoms with Gasteiger partial charge in [-0.3, -0.25) is 9.59 Å². The van der Waals surface area contributed by atoms with E-state index in [9.17, 15) is 4.79 Å². The number of piperazine rings is 1. The van der Waals surface area contributed by atoms with Crippen molar-refractivity contribution in [2.75, 3.05) is 53.9 Å². The van der Waals surface area contributed by atoms with Gasteiger partial charge in [0.15, 0.2) is 0 Å². The zero-order valence-corrected chi connectivity index (χ0v) is 17.6. The Morgan fingerprint density at radius 1 is 1.17 bits per heavy atom. The number of carboxylic acid groups (broad SMARTS) is 2. The number of nitrogens with zero attached hydrogens (tertiary/aromatic N) is 3. The van der Waals surface area contributed by atoms with Crippen LogP contribution in [0.25, 0.3) is 10.9 Å². The van der Waals surface area contributed by atoms with Crippen LogP contribution in [-0.4, -0.2) is 103 Å². The Hall–Kier alpha value is -3.11. The number of carbonyl (C=O) groups excluding carboxylic acids is 1. The number of rotatable bonds is 4. The van der Waals surface area contributed by atoms with Gasteiger partial charge in [-0.1, -0.05) is 6.07 Å². The van der Waals surface area contributed by atoms with E-state index in [0.29, 0.717) is 18.8 Å². The fourth-order valence-corrected chi connectivity index (χ4v) is 2.99. The highest BCUT2D eigenvalue weighted by atomic mass is 16.6. The maximum absolute atomic E-state index is 12.5. The number of H-pyrrole nitrogens is 1. The molecule has 0 bridgehead atoms. The van der Waals surface area contributed by atoms with E-state index in [-0.39, 0.29) is 19.0 Å². The zero-order valence-electron chi connectivity index (χ0n) is 17.6. The average molecular weight is 422 g/mol. The summed E-state index contributed by atoms with van der Waals surface area (Å²) in [6, 6.07) is 5.81. The van der Waals surface area contributed by atoms with Crippen molar-refractivity contribution >= 4 is 29.9 Å². The van der Waals surface area contributed by atoms with Gasteiger partial charge in [0.2, 0.25) is 0 Å². The molecule has 1 fully saturated rings. The number of hydrogen-bond acceptors (Lipinski definition) is 6. The molecule has 0 saturated carbocycles. The molecule has 0 radical (unpaired) electrons. The van der Waals surface area contributed by atoms with E-state index >= 15 is 0 Å². The van der Waals surface area contributed by atoms with Crippen LogP contribution in [0.3, 0.4) is 0 Å². The van der Waals surface area contributed by atoms with Crippen LogP contribution in [0.1, 0.15) is 5.56 Å². The van der Waals surface area contributed by atoms with Crippen LogP contribution in [-0.2, 0) is 16.0 Å². The van der Waals surface area contributed by atoms with Crippen LogP contribution in [0.15, 0.2) is 24.4 Å². The number of benzene rings is 1. The van der Waals surface area contributed by atoms with Crippen molar-refractivity contribution in [1.82, 2.24) is 19.7 Å². The van der Waals surface area contributed by atoms with Gasteiger partial charge in [0.25, 0.3) is 12.9 Å². The second-order valence-electron chi connectivity index (χ2n) is 6.92. The highest BCUT2D eigenvalue weighted by Crippen LogP contribution is 2.29. The number of aromatic amines is 1. The van der Waals surface area contributed by atoms with E-state index in [1.165, 1.54) is 5.56 Å². The predicted octanol–water partition coefficient (Wildman–Crippen LogP) is 1.42. The van der Waals surface area contributed by atoms with Crippen LogP contribution in [0.4, 0.5) is 4.79 Å². The van der Waals surface area contributed by atoms with Crippen molar-refractivity contribution in [1.29, 1.82) is 0 Å². The zero-order chi connectivity index (χ0) is 22.5. The summed E-state index contributed by atoms with van der Waals surface area (Å²) in [6.45, 7) is 3.65. The van der Waals surface area contributed by atoms with Crippen LogP contribution in [0.2, 0.25) is 0 Å². The van der Waals surface area contributed by atoms with E-state index < -0.39 is 0 Å². The van der Waals surface area contributed by atoms with E-state index in [1.54, 1.807) is 4.90 Å². The molecule has 30 heavy (non-hydrogen) atoms. The van der Waals surface area contributed by atoms with Gasteiger partial charge in [-0.15, -0.1) is 0 Å². The lowest BCUT2D eigenvalue weighted by Gasteiger charge is -2.31. The quantitative estimate of drug-likeness (QED) is 0.632. The van der Waals surface area contributed by atoms with Gasteiger partial charge in [-0.25, -0.2) is 4.79 Å². The van der Waals surface area contributed by atoms with Gasteiger partial charge in [0, 0.05) is 49.8 Å². The Morgan fingerprint density at radius 2 is 1.77 bits per heavy atom. The first kappa shape index (κ1) is 24.9.